The van der Waals surface area contributed by atoms with E-state index in [0.29, 0.717) is 32.1 Å². The van der Waals surface area contributed by atoms with E-state index in [9.17, 15) is 14.4 Å². The third-order valence-electron chi connectivity index (χ3n) is 5.44. The molecule has 0 saturated carbocycles. The maximum Gasteiger partial charge on any atom is 0.338 e. The minimum absolute atomic E-state index is 0.0234. The summed E-state index contributed by atoms with van der Waals surface area (Å²) in [7, 11) is 1.59. The van der Waals surface area contributed by atoms with Gasteiger partial charge >= 0.3 is 11.9 Å². The predicted octanol–water partition coefficient (Wildman–Crippen LogP) is 2.90. The number of carbonyl (C=O) groups is 2. The number of thiazole rings is 1. The maximum atomic E-state index is 13.6. The van der Waals surface area contributed by atoms with E-state index < -0.39 is 18.0 Å². The van der Waals surface area contributed by atoms with Crippen LogP contribution in [0.1, 0.15) is 31.0 Å². The number of methoxy groups -OCH3 is 1. The molecule has 4 rings (SSSR count). The molecule has 1 atom stereocenters. The second-order valence-electron chi connectivity index (χ2n) is 7.90. The van der Waals surface area contributed by atoms with E-state index >= 15 is 0 Å². The molecule has 3 aromatic rings. The Morgan fingerprint density at radius 1 is 1.11 bits per heavy atom. The normalized spacial score (nSPS) is 15.1. The van der Waals surface area contributed by atoms with Gasteiger partial charge in [0.25, 0.3) is 5.56 Å². The number of nitrogens with zero attached hydrogens (tertiary/aromatic N) is 2. The van der Waals surface area contributed by atoms with Gasteiger partial charge in [-0.15, -0.1) is 0 Å². The fourth-order valence-corrected chi connectivity index (χ4v) is 4.89. The molecule has 0 bridgehead atoms. The van der Waals surface area contributed by atoms with Crippen molar-refractivity contribution in [3.8, 4) is 11.5 Å². The molecule has 0 fully saturated rings. The van der Waals surface area contributed by atoms with Gasteiger partial charge in [0.05, 0.1) is 29.0 Å². The SMILES string of the molecule is C=CCOC(=O)C1=C(C)N=c2s/c(=C\c3ccc(OC)cc3)c(=O)n2C1c1ccc(OC(C)=O)cc1. The van der Waals surface area contributed by atoms with Crippen LogP contribution in [-0.4, -0.2) is 30.2 Å². The van der Waals surface area contributed by atoms with Crippen LogP contribution in [0.5, 0.6) is 11.5 Å². The first kappa shape index (κ1) is 24.9. The van der Waals surface area contributed by atoms with Gasteiger partial charge in [0.15, 0.2) is 4.80 Å². The lowest BCUT2D eigenvalue weighted by molar-refractivity contribution is -0.138. The van der Waals surface area contributed by atoms with E-state index in [1.165, 1.54) is 28.9 Å². The molecule has 1 aromatic heterocycles. The Balaban J connectivity index is 1.87. The zero-order valence-electron chi connectivity index (χ0n) is 20.0. The summed E-state index contributed by atoms with van der Waals surface area (Å²) in [5, 5.41) is 0. The Morgan fingerprint density at radius 2 is 1.78 bits per heavy atom. The van der Waals surface area contributed by atoms with E-state index in [0.717, 1.165) is 5.56 Å². The van der Waals surface area contributed by atoms with Gasteiger partial charge in [0.2, 0.25) is 0 Å². The third-order valence-corrected chi connectivity index (χ3v) is 6.43. The van der Waals surface area contributed by atoms with Crippen LogP contribution in [0.25, 0.3) is 6.08 Å². The van der Waals surface area contributed by atoms with Gasteiger partial charge in [-0.05, 0) is 48.4 Å². The van der Waals surface area contributed by atoms with Crippen LogP contribution in [0.4, 0.5) is 0 Å². The predicted molar refractivity (Wildman–Crippen MR) is 136 cm³/mol. The number of benzene rings is 2. The molecule has 0 spiro atoms. The summed E-state index contributed by atoms with van der Waals surface area (Å²) in [5.74, 6) is 0.0344. The largest absolute Gasteiger partial charge is 0.497 e. The molecule has 0 N–H and O–H groups in total. The minimum atomic E-state index is -0.775. The van der Waals surface area contributed by atoms with Crippen LogP contribution in [0.15, 0.2) is 82.2 Å². The highest BCUT2D eigenvalue weighted by Crippen LogP contribution is 2.31. The molecule has 1 aliphatic heterocycles. The molecule has 0 radical (unpaired) electrons. The van der Waals surface area contributed by atoms with Crippen LogP contribution in [0, 0.1) is 0 Å². The molecule has 1 aliphatic rings. The Kier molecular flexibility index (Phi) is 7.30. The summed E-state index contributed by atoms with van der Waals surface area (Å²) in [6, 6.07) is 13.2. The van der Waals surface area contributed by atoms with Crippen molar-refractivity contribution >= 4 is 29.4 Å². The molecule has 0 saturated heterocycles. The van der Waals surface area contributed by atoms with Crippen molar-refractivity contribution in [1.82, 2.24) is 4.57 Å². The van der Waals surface area contributed by atoms with Crippen LogP contribution < -0.4 is 24.4 Å². The van der Waals surface area contributed by atoms with Crippen LogP contribution in [-0.2, 0) is 14.3 Å². The first-order chi connectivity index (χ1) is 17.3. The van der Waals surface area contributed by atoms with Crippen molar-refractivity contribution in [1.29, 1.82) is 0 Å². The van der Waals surface area contributed by atoms with Crippen molar-refractivity contribution in [2.24, 2.45) is 4.99 Å². The van der Waals surface area contributed by atoms with Gasteiger partial charge in [-0.3, -0.25) is 14.2 Å². The Bertz CT molecular complexity index is 1530. The lowest BCUT2D eigenvalue weighted by Crippen LogP contribution is -2.39. The summed E-state index contributed by atoms with van der Waals surface area (Å²) in [6.07, 6.45) is 3.25. The Labute approximate surface area is 211 Å². The highest BCUT2D eigenvalue weighted by Gasteiger charge is 2.33. The molecule has 36 heavy (non-hydrogen) atoms. The summed E-state index contributed by atoms with van der Waals surface area (Å²) in [6.45, 7) is 6.64. The third kappa shape index (κ3) is 5.06. The maximum absolute atomic E-state index is 13.6. The summed E-state index contributed by atoms with van der Waals surface area (Å²) in [5.41, 5.74) is 1.88. The fraction of sp³-hybridized carbons (Fsp3) is 0.185. The highest BCUT2D eigenvalue weighted by atomic mass is 32.1. The quantitative estimate of drug-likeness (QED) is 0.279. The van der Waals surface area contributed by atoms with Crippen molar-refractivity contribution in [3.63, 3.8) is 0 Å². The van der Waals surface area contributed by atoms with Gasteiger partial charge in [-0.2, -0.15) is 0 Å². The van der Waals surface area contributed by atoms with E-state index in [-0.39, 0.29) is 17.7 Å². The van der Waals surface area contributed by atoms with Crippen molar-refractivity contribution in [3.05, 3.63) is 103 Å². The number of aromatic nitrogens is 1. The van der Waals surface area contributed by atoms with E-state index in [1.54, 1.807) is 44.4 Å². The average molecular weight is 505 g/mol. The van der Waals surface area contributed by atoms with Gasteiger partial charge in [0, 0.05) is 6.92 Å². The lowest BCUT2D eigenvalue weighted by atomic mass is 9.96. The van der Waals surface area contributed by atoms with Crippen LogP contribution >= 0.6 is 11.3 Å². The number of carbonyl (C=O) groups excluding carboxylic acids is 2. The molecule has 8 nitrogen and oxygen atoms in total. The number of rotatable bonds is 7. The van der Waals surface area contributed by atoms with Crippen molar-refractivity contribution in [2.75, 3.05) is 13.7 Å². The molecular weight excluding hydrogens is 480 g/mol. The van der Waals surface area contributed by atoms with Gasteiger partial charge in [0.1, 0.15) is 18.1 Å². The van der Waals surface area contributed by atoms with Crippen molar-refractivity contribution in [2.45, 2.75) is 19.9 Å². The smallest absolute Gasteiger partial charge is 0.338 e. The van der Waals surface area contributed by atoms with Crippen LogP contribution in [0.2, 0.25) is 0 Å². The second-order valence-corrected chi connectivity index (χ2v) is 8.91. The molecule has 0 aliphatic carbocycles. The Morgan fingerprint density at radius 3 is 2.39 bits per heavy atom. The molecule has 1 unspecified atom stereocenters. The average Bonchev–Trinajstić information content (AvgIpc) is 3.16. The number of hydrogen-bond donors (Lipinski definition) is 0. The first-order valence-corrected chi connectivity index (χ1v) is 11.9. The Hall–Kier alpha value is -4.24. The lowest BCUT2D eigenvalue weighted by Gasteiger charge is -2.24. The topological polar surface area (TPSA) is 96.2 Å². The van der Waals surface area contributed by atoms with Crippen LogP contribution in [0.3, 0.4) is 0 Å². The summed E-state index contributed by atoms with van der Waals surface area (Å²) >= 11 is 1.24. The molecule has 9 heteroatoms. The fourth-order valence-electron chi connectivity index (χ4n) is 3.85. The van der Waals surface area contributed by atoms with Gasteiger partial charge in [-0.1, -0.05) is 48.3 Å². The van der Waals surface area contributed by atoms with Gasteiger partial charge < -0.3 is 14.2 Å². The molecule has 184 valence electrons. The van der Waals surface area contributed by atoms with Crippen molar-refractivity contribution < 1.29 is 23.8 Å². The molecule has 2 aromatic carbocycles. The molecule has 2 heterocycles. The number of ether oxygens (including phenoxy) is 3. The van der Waals surface area contributed by atoms with E-state index in [4.69, 9.17) is 14.2 Å². The zero-order chi connectivity index (χ0) is 25.8. The molecular formula is C27H24N2O6S. The number of fused-ring (bicyclic) bond motifs is 1. The monoisotopic (exact) mass is 504 g/mol. The number of allylic oxidation sites excluding steroid dienone is 1. The highest BCUT2D eigenvalue weighted by molar-refractivity contribution is 7.07. The molecule has 0 amide bonds. The number of esters is 2. The minimum Gasteiger partial charge on any atom is -0.497 e. The standard InChI is InChI=1S/C27H24N2O6S/c1-5-14-34-26(32)23-16(2)28-27-29(24(23)19-8-12-21(13-9-19)35-17(3)30)25(31)22(36-27)15-18-6-10-20(33-4)11-7-18/h5-13,15,24H,1,14H2,2-4H3/b22-15-. The first-order valence-electron chi connectivity index (χ1n) is 11.1. The van der Waals surface area contributed by atoms with E-state index in [1.807, 2.05) is 24.3 Å². The van der Waals surface area contributed by atoms with E-state index in [2.05, 4.69) is 11.6 Å². The zero-order valence-corrected chi connectivity index (χ0v) is 20.8. The second kappa shape index (κ2) is 10.6. The summed E-state index contributed by atoms with van der Waals surface area (Å²) in [4.78, 5) is 43.0. The van der Waals surface area contributed by atoms with Gasteiger partial charge in [-0.25, -0.2) is 9.79 Å². The summed E-state index contributed by atoms with van der Waals surface area (Å²) < 4.78 is 17.6. The number of hydrogen-bond acceptors (Lipinski definition) is 8.